The van der Waals surface area contributed by atoms with Crippen molar-refractivity contribution in [2.24, 2.45) is 11.7 Å². The Balaban J connectivity index is 1.86. The Bertz CT molecular complexity index is 616. The molecule has 2 aromatic rings. The van der Waals surface area contributed by atoms with Crippen LogP contribution in [0, 0.1) is 5.92 Å². The monoisotopic (exact) mass is 345 g/mol. The van der Waals surface area contributed by atoms with E-state index in [1.165, 1.54) is 11.1 Å². The van der Waals surface area contributed by atoms with Gasteiger partial charge in [0.25, 0.3) is 0 Å². The van der Waals surface area contributed by atoms with E-state index < -0.39 is 0 Å². The first kappa shape index (κ1) is 14.6. The number of hydrogen-bond acceptors (Lipinski definition) is 2. The SMILES string of the molecule is CCOc1ccc(Br)cc1C(N)C1Cc2ccccc2C1. The van der Waals surface area contributed by atoms with Crippen LogP contribution >= 0.6 is 15.9 Å². The average molecular weight is 346 g/mol. The van der Waals surface area contributed by atoms with Gasteiger partial charge >= 0.3 is 0 Å². The average Bonchev–Trinajstić information content (AvgIpc) is 2.92. The minimum Gasteiger partial charge on any atom is -0.494 e. The molecular weight excluding hydrogens is 326 g/mol. The van der Waals surface area contributed by atoms with Crippen molar-refractivity contribution in [3.63, 3.8) is 0 Å². The van der Waals surface area contributed by atoms with Gasteiger partial charge in [0.15, 0.2) is 0 Å². The number of benzene rings is 2. The summed E-state index contributed by atoms with van der Waals surface area (Å²) in [5.74, 6) is 1.35. The van der Waals surface area contributed by atoms with E-state index in [0.717, 1.165) is 28.6 Å². The molecule has 21 heavy (non-hydrogen) atoms. The number of nitrogens with two attached hydrogens (primary N) is 1. The molecule has 1 aliphatic rings. The van der Waals surface area contributed by atoms with Crippen molar-refractivity contribution < 1.29 is 4.74 Å². The summed E-state index contributed by atoms with van der Waals surface area (Å²) in [6, 6.07) is 14.7. The van der Waals surface area contributed by atoms with Crippen molar-refractivity contribution >= 4 is 15.9 Å². The first-order chi connectivity index (χ1) is 10.2. The zero-order valence-electron chi connectivity index (χ0n) is 12.2. The molecule has 2 nitrogen and oxygen atoms in total. The summed E-state index contributed by atoms with van der Waals surface area (Å²) in [6.07, 6.45) is 2.10. The smallest absolute Gasteiger partial charge is 0.124 e. The molecule has 0 heterocycles. The molecule has 0 spiro atoms. The van der Waals surface area contributed by atoms with Crippen molar-refractivity contribution in [1.82, 2.24) is 0 Å². The van der Waals surface area contributed by atoms with Crippen LogP contribution in [0.4, 0.5) is 0 Å². The number of ether oxygens (including phenoxy) is 1. The fraction of sp³-hybridized carbons (Fsp3) is 0.333. The summed E-state index contributed by atoms with van der Waals surface area (Å²) in [7, 11) is 0. The molecule has 0 aliphatic heterocycles. The Morgan fingerprint density at radius 1 is 1.19 bits per heavy atom. The summed E-state index contributed by atoms with van der Waals surface area (Å²) >= 11 is 3.54. The van der Waals surface area contributed by atoms with Crippen molar-refractivity contribution in [2.75, 3.05) is 6.61 Å². The molecule has 1 aliphatic carbocycles. The minimum absolute atomic E-state index is 0.00329. The lowest BCUT2D eigenvalue weighted by molar-refractivity contribution is 0.327. The van der Waals surface area contributed by atoms with Gasteiger partial charge in [-0.1, -0.05) is 40.2 Å². The Morgan fingerprint density at radius 3 is 2.48 bits per heavy atom. The summed E-state index contributed by atoms with van der Waals surface area (Å²) in [5.41, 5.74) is 10.6. The molecule has 2 N–H and O–H groups in total. The highest BCUT2D eigenvalue weighted by atomic mass is 79.9. The molecule has 0 saturated carbocycles. The molecule has 1 atom stereocenters. The zero-order valence-corrected chi connectivity index (χ0v) is 13.8. The lowest BCUT2D eigenvalue weighted by atomic mass is 9.91. The molecule has 3 heteroatoms. The zero-order chi connectivity index (χ0) is 14.8. The largest absolute Gasteiger partial charge is 0.494 e. The number of fused-ring (bicyclic) bond motifs is 1. The van der Waals surface area contributed by atoms with Gasteiger partial charge < -0.3 is 10.5 Å². The second-order valence-electron chi connectivity index (χ2n) is 5.58. The van der Waals surface area contributed by atoms with E-state index >= 15 is 0 Å². The highest BCUT2D eigenvalue weighted by Gasteiger charge is 2.28. The second-order valence-corrected chi connectivity index (χ2v) is 6.49. The van der Waals surface area contributed by atoms with E-state index in [4.69, 9.17) is 10.5 Å². The number of rotatable bonds is 4. The Morgan fingerprint density at radius 2 is 1.86 bits per heavy atom. The molecule has 0 saturated heterocycles. The highest BCUT2D eigenvalue weighted by Crippen LogP contribution is 2.38. The van der Waals surface area contributed by atoms with Crippen molar-refractivity contribution in [2.45, 2.75) is 25.8 Å². The lowest BCUT2D eigenvalue weighted by Gasteiger charge is -2.22. The quantitative estimate of drug-likeness (QED) is 0.898. The van der Waals surface area contributed by atoms with Crippen LogP contribution in [0.1, 0.15) is 29.7 Å². The highest BCUT2D eigenvalue weighted by molar-refractivity contribution is 9.10. The first-order valence-corrected chi connectivity index (χ1v) is 8.23. The van der Waals surface area contributed by atoms with Gasteiger partial charge in [-0.2, -0.15) is 0 Å². The van der Waals surface area contributed by atoms with E-state index in [9.17, 15) is 0 Å². The number of hydrogen-bond donors (Lipinski definition) is 1. The first-order valence-electron chi connectivity index (χ1n) is 7.43. The summed E-state index contributed by atoms with van der Waals surface area (Å²) in [4.78, 5) is 0. The molecule has 0 fully saturated rings. The molecule has 0 aromatic heterocycles. The molecular formula is C18H20BrNO. The van der Waals surface area contributed by atoms with E-state index in [2.05, 4.69) is 46.3 Å². The van der Waals surface area contributed by atoms with Gasteiger partial charge in [-0.05, 0) is 55.0 Å². The van der Waals surface area contributed by atoms with Crippen LogP contribution in [0.25, 0.3) is 0 Å². The van der Waals surface area contributed by atoms with Crippen LogP contribution in [0.15, 0.2) is 46.9 Å². The maximum atomic E-state index is 6.58. The van der Waals surface area contributed by atoms with Crippen LogP contribution in [-0.4, -0.2) is 6.61 Å². The van der Waals surface area contributed by atoms with Crippen molar-refractivity contribution in [1.29, 1.82) is 0 Å². The molecule has 0 bridgehead atoms. The Kier molecular flexibility index (Phi) is 4.32. The Labute approximate surface area is 134 Å². The third-order valence-electron chi connectivity index (χ3n) is 4.22. The second kappa shape index (κ2) is 6.20. The fourth-order valence-corrected chi connectivity index (χ4v) is 3.55. The van der Waals surface area contributed by atoms with Crippen LogP contribution in [0.5, 0.6) is 5.75 Å². The van der Waals surface area contributed by atoms with Gasteiger partial charge in [-0.15, -0.1) is 0 Å². The van der Waals surface area contributed by atoms with Crippen molar-refractivity contribution in [3.05, 3.63) is 63.6 Å². The van der Waals surface area contributed by atoms with Crippen LogP contribution in [0.2, 0.25) is 0 Å². The normalized spacial score (nSPS) is 15.8. The standard InChI is InChI=1S/C18H20BrNO/c1-2-21-17-8-7-15(19)11-16(17)18(20)14-9-12-5-3-4-6-13(12)10-14/h3-8,11,14,18H,2,9-10,20H2,1H3. The number of halogens is 1. The summed E-state index contributed by atoms with van der Waals surface area (Å²) in [5, 5.41) is 0. The predicted molar refractivity (Wildman–Crippen MR) is 89.6 cm³/mol. The molecule has 110 valence electrons. The third kappa shape index (κ3) is 2.99. The van der Waals surface area contributed by atoms with Crippen LogP contribution < -0.4 is 10.5 Å². The molecule has 0 radical (unpaired) electrons. The summed E-state index contributed by atoms with van der Waals surface area (Å²) < 4.78 is 6.80. The molecule has 2 aromatic carbocycles. The molecule has 3 rings (SSSR count). The van der Waals surface area contributed by atoms with Gasteiger partial charge in [0.05, 0.1) is 6.61 Å². The van der Waals surface area contributed by atoms with Crippen LogP contribution in [0.3, 0.4) is 0 Å². The van der Waals surface area contributed by atoms with Gasteiger partial charge in [0, 0.05) is 16.1 Å². The van der Waals surface area contributed by atoms with E-state index in [1.807, 2.05) is 19.1 Å². The van der Waals surface area contributed by atoms with E-state index in [-0.39, 0.29) is 6.04 Å². The maximum Gasteiger partial charge on any atom is 0.124 e. The molecule has 0 amide bonds. The van der Waals surface area contributed by atoms with E-state index in [1.54, 1.807) is 0 Å². The van der Waals surface area contributed by atoms with Gasteiger partial charge in [0.2, 0.25) is 0 Å². The van der Waals surface area contributed by atoms with Gasteiger partial charge in [-0.3, -0.25) is 0 Å². The minimum atomic E-state index is -0.00329. The molecule has 1 unspecified atom stereocenters. The van der Waals surface area contributed by atoms with Gasteiger partial charge in [0.1, 0.15) is 5.75 Å². The third-order valence-corrected chi connectivity index (χ3v) is 4.71. The van der Waals surface area contributed by atoms with Crippen molar-refractivity contribution in [3.8, 4) is 5.75 Å². The predicted octanol–water partition coefficient (Wildman–Crippen LogP) is 4.26. The maximum absolute atomic E-state index is 6.58. The van der Waals surface area contributed by atoms with E-state index in [0.29, 0.717) is 12.5 Å². The fourth-order valence-electron chi connectivity index (χ4n) is 3.17. The van der Waals surface area contributed by atoms with Gasteiger partial charge in [-0.25, -0.2) is 0 Å². The van der Waals surface area contributed by atoms with Crippen LogP contribution in [-0.2, 0) is 12.8 Å². The Hall–Kier alpha value is -1.32. The topological polar surface area (TPSA) is 35.2 Å². The summed E-state index contributed by atoms with van der Waals surface area (Å²) in [6.45, 7) is 2.66. The lowest BCUT2D eigenvalue weighted by Crippen LogP contribution is -2.22.